The van der Waals surface area contributed by atoms with Crippen molar-refractivity contribution in [2.75, 3.05) is 151 Å². The maximum absolute atomic E-state index is 14.9. The number of rotatable bonds is 20. The zero-order valence-electron chi connectivity index (χ0n) is 79.4. The fourth-order valence-corrected chi connectivity index (χ4v) is 19.5. The Balaban J connectivity index is 2.51. The van der Waals surface area contributed by atoms with Crippen LogP contribution in [0.2, 0.25) is 0 Å². The van der Waals surface area contributed by atoms with Crippen LogP contribution >= 0.6 is 76.5 Å². The fraction of sp³-hybridized carbons (Fsp3) is 0.684. The molecule has 3 aliphatic rings. The Labute approximate surface area is 850 Å². The van der Waals surface area contributed by atoms with Gasteiger partial charge in [0.15, 0.2) is 5.96 Å². The molecule has 0 spiro atoms. The number of hydrogen-bond acceptors (Lipinski definition) is 38. The number of aliphatic hydroxyl groups excluding tert-OH is 3. The minimum atomic E-state index is -2.05. The van der Waals surface area contributed by atoms with Crippen LogP contribution < -0.4 is 156 Å². The highest BCUT2D eigenvalue weighted by atomic mass is 33.1. The molecule has 15 atom stereocenters. The van der Waals surface area contributed by atoms with Crippen LogP contribution in [0.1, 0.15) is 91.9 Å². The molecule has 0 aromatic carbocycles. The second-order valence-electron chi connectivity index (χ2n) is 32.4. The van der Waals surface area contributed by atoms with E-state index in [1.54, 1.807) is 20.1 Å². The molecular weight excluding hydrogens is 2030 g/mol. The largest absolute Gasteiger partial charge is 0.394 e. The second-order valence-corrected chi connectivity index (χ2v) is 41.1. The molecule has 3 fully saturated rings. The van der Waals surface area contributed by atoms with Crippen LogP contribution in [0.5, 0.6) is 0 Å². The third-order valence-electron chi connectivity index (χ3n) is 20.0. The first-order chi connectivity index (χ1) is 67.9. The molecule has 804 valence electrons. The van der Waals surface area contributed by atoms with Crippen molar-refractivity contribution in [3.63, 3.8) is 0 Å². The molecule has 4 bridgehead atoms. The van der Waals surface area contributed by atoms with E-state index in [9.17, 15) is 130 Å². The number of fused-ring (bicyclic) bond motifs is 6. The van der Waals surface area contributed by atoms with E-state index in [2.05, 4.69) is 133 Å². The number of nitrogens with one attached hydrogen (secondary N) is 26. The molecule has 0 radical (unpaired) electrons. The van der Waals surface area contributed by atoms with Crippen molar-refractivity contribution in [2.45, 2.75) is 183 Å². The normalized spacial score (nSPS) is 25.9. The van der Waals surface area contributed by atoms with Crippen molar-refractivity contribution >= 4 is 224 Å². The smallest absolute Gasteiger partial charge is 0.245 e. The van der Waals surface area contributed by atoms with Gasteiger partial charge in [0.2, 0.25) is 142 Å². The summed E-state index contributed by atoms with van der Waals surface area (Å²) in [5.74, 6) is -29.1. The highest BCUT2D eigenvalue weighted by molar-refractivity contribution is 8.77. The molecule has 0 aromatic heterocycles. The summed E-state index contributed by atoms with van der Waals surface area (Å²) >= 11 is 1.25. The van der Waals surface area contributed by atoms with Crippen molar-refractivity contribution in [3.05, 3.63) is 0 Å². The average molecular weight is 2160 g/mol. The van der Waals surface area contributed by atoms with Crippen molar-refractivity contribution in [1.82, 2.24) is 133 Å². The van der Waals surface area contributed by atoms with Crippen molar-refractivity contribution in [1.29, 1.82) is 5.41 Å². The summed E-state index contributed by atoms with van der Waals surface area (Å²) in [7, 11) is 4.75. The summed E-state index contributed by atoms with van der Waals surface area (Å²) in [6.45, 7) is -5.61. The molecule has 15 unspecified atom stereocenters. The molecule has 3 rings (SSSR count). The summed E-state index contributed by atoms with van der Waals surface area (Å²) in [6, 6.07) is -23.9. The number of hydrogen-bond donors (Lipinski definition) is 33. The maximum Gasteiger partial charge on any atom is 0.245 e. The molecule has 0 aliphatic carbocycles. The van der Waals surface area contributed by atoms with E-state index in [1.807, 2.05) is 0 Å². The first-order valence-electron chi connectivity index (χ1n) is 45.2. The Hall–Kier alpha value is -11.2. The third-order valence-corrected chi connectivity index (χ3v) is 28.0. The summed E-state index contributed by atoms with van der Waals surface area (Å²) in [5.41, 5.74) is 23.4. The molecule has 0 aromatic rings. The van der Waals surface area contributed by atoms with Gasteiger partial charge in [0.05, 0.1) is 90.8 Å². The minimum absolute atomic E-state index is 0.0504. The van der Waals surface area contributed by atoms with E-state index in [4.69, 9.17) is 28.3 Å². The van der Waals surface area contributed by atoms with E-state index in [-0.39, 0.29) is 94.8 Å². The van der Waals surface area contributed by atoms with Gasteiger partial charge in [-0.15, -0.1) is 0 Å². The number of nitrogens with two attached hydrogens (primary N) is 4. The van der Waals surface area contributed by atoms with Gasteiger partial charge in [-0.05, 0) is 109 Å². The first kappa shape index (κ1) is 126. The van der Waals surface area contributed by atoms with Gasteiger partial charge >= 0.3 is 0 Å². The zero-order valence-corrected chi connectivity index (χ0v) is 85.1. The van der Waals surface area contributed by atoms with Crippen LogP contribution in [0.25, 0.3) is 0 Å². The molecule has 143 heavy (non-hydrogen) atoms. The number of unbranched alkanes of at least 4 members (excludes halogenated alkanes) is 2. The highest BCUT2D eigenvalue weighted by Crippen LogP contribution is 2.26. The van der Waals surface area contributed by atoms with Crippen molar-refractivity contribution < 1.29 is 130 Å². The number of amides is 24. The molecule has 24 amide bonds. The number of thioether (sulfide) groups is 1. The lowest BCUT2D eigenvalue weighted by molar-refractivity contribution is -0.136. The van der Waals surface area contributed by atoms with Crippen LogP contribution in [-0.2, 0) is 115 Å². The summed E-state index contributed by atoms with van der Waals surface area (Å²) in [5, 5.41) is 99.3. The molecule has 37 N–H and O–H groups in total. The van der Waals surface area contributed by atoms with Crippen LogP contribution in [0.3, 0.4) is 0 Å². The second kappa shape index (κ2) is 70.5. The lowest BCUT2D eigenvalue weighted by atomic mass is 10.0. The quantitative estimate of drug-likeness (QED) is 0.0233. The Morgan fingerprint density at radius 3 is 1.17 bits per heavy atom. The lowest BCUT2D eigenvalue weighted by Crippen LogP contribution is -2.61. The average Bonchev–Trinajstić information content (AvgIpc) is 0.860. The zero-order chi connectivity index (χ0) is 107. The molecule has 57 nitrogen and oxygen atoms in total. The van der Waals surface area contributed by atoms with Gasteiger partial charge in [-0.1, -0.05) is 78.6 Å². The minimum Gasteiger partial charge on any atom is -0.394 e. The van der Waals surface area contributed by atoms with Crippen LogP contribution in [0.4, 0.5) is 0 Å². The number of guanidine groups is 1. The predicted octanol–water partition coefficient (Wildman–Crippen LogP) is -16.2. The Morgan fingerprint density at radius 2 is 0.685 bits per heavy atom. The molecule has 0 saturated carbocycles. The molecule has 3 heterocycles. The van der Waals surface area contributed by atoms with Gasteiger partial charge in [-0.25, -0.2) is 0 Å². The summed E-state index contributed by atoms with van der Waals surface area (Å²) in [4.78, 5) is 334. The van der Waals surface area contributed by atoms with E-state index in [0.29, 0.717) is 34.4 Å². The van der Waals surface area contributed by atoms with E-state index >= 15 is 0 Å². The predicted molar refractivity (Wildman–Crippen MR) is 530 cm³/mol. The van der Waals surface area contributed by atoms with Gasteiger partial charge in [0, 0.05) is 47.6 Å². The van der Waals surface area contributed by atoms with Gasteiger partial charge in [-0.3, -0.25) is 120 Å². The Morgan fingerprint density at radius 1 is 0.357 bits per heavy atom. The number of carbonyl (C=O) groups excluding carboxylic acids is 24. The van der Waals surface area contributed by atoms with Gasteiger partial charge < -0.3 is 171 Å². The van der Waals surface area contributed by atoms with Crippen LogP contribution in [0, 0.1) is 11.3 Å². The number of aliphatic hydroxyl groups is 3. The molecule has 64 heteroatoms. The van der Waals surface area contributed by atoms with E-state index in [0.717, 1.165) is 57.0 Å². The Bertz CT molecular complexity index is 4360. The lowest BCUT2D eigenvalue weighted by Gasteiger charge is -2.27. The summed E-state index contributed by atoms with van der Waals surface area (Å²) < 4.78 is 0. The molecule has 3 aliphatic heterocycles. The summed E-state index contributed by atoms with van der Waals surface area (Å²) in [6.07, 6.45) is 0.241. The SMILES string of the molecule is CSCCC1NC(=O)C(CC(C)C)NC(=O)C(CCCNC(=N)N)NC(=O)C(CO)NC(=O)C2CSSCC3NC(=O)C(CO)NC(=O)CNC(=O)C(C(C)O)NC(=O)C(CSSCC(N)C(=O)NC(CCCCN)C(=O)NCC(=O)NC(CCCCN)C(=O)NCC(=O)NC(C)C(=O)NCC(=O)N2)NC(=O)C(CSSCCNC(=O)CNC(=O)CNC(=O)CNC(=O)CNC3=O)NC(=O)CNC(=O)CNC1=O. The van der Waals surface area contributed by atoms with Crippen LogP contribution in [0.15, 0.2) is 0 Å². The van der Waals surface area contributed by atoms with E-state index < -0.39 is 346 Å². The molecular formula is C79H134N30O27S7. The van der Waals surface area contributed by atoms with Crippen LogP contribution in [-0.4, -0.2) is 405 Å². The molecule has 3 saturated heterocycles. The highest BCUT2D eigenvalue weighted by Gasteiger charge is 2.39. The standard InChI is InChI=1S/C79H134N30O27S7/c1-39(2)21-47-72(130)104-46(14-19-137-5)69(127)92-25-58(117)90-27-60(119)100-51-36-140-138-20-18-85-54(113)22-87-55(114)23-88-56(115)24-89-57(116)26-93-70(128)50-35-142-143-37-52(75(133)106-49(33-111)74(132)103-45(71(129)105-47)13-10-17-86-79(83)84)101-63(122)29-91-65(123)40(3)97-59(118)28-94-67(125)43(11-6-8-15-80)98-61(120)30-95-68(126)44(12-7-9-16-81)102-66(124)42(82)34-139-141-38-53(108-76(51)134)77(135)109-64(41(4)112)78(136)96-31-62(121)99-48(32-110)73(131)107-50/h39-53,64,110-112H,6-38,80-82H2,1-5H3,(H,85,113)(H,87,114)(H,88,115)(H,89,116)(H,90,117)(H,91,123)(H,92,127)(H,93,128)(H,94,125)(H,95,126)(H,96,136)(H,97,118)(H,98,120)(H,99,121)(H,100,119)(H,101,122)(H,102,124)(H,103,132)(H,104,130)(H,105,129)(H,106,133)(H,107,131)(H,108,134)(H,109,135)(H4,83,84,86). The topological polar surface area (TPSA) is 899 Å². The fourth-order valence-electron chi connectivity index (χ4n) is 12.3. The van der Waals surface area contributed by atoms with Gasteiger partial charge in [0.25, 0.3) is 0 Å². The van der Waals surface area contributed by atoms with Gasteiger partial charge in [-0.2, -0.15) is 11.8 Å². The Kier molecular flexibility index (Phi) is 62.0. The van der Waals surface area contributed by atoms with Crippen molar-refractivity contribution in [2.24, 2.45) is 28.9 Å². The number of carbonyl (C=O) groups is 24. The van der Waals surface area contributed by atoms with E-state index in [1.165, 1.54) is 11.8 Å². The van der Waals surface area contributed by atoms with Crippen molar-refractivity contribution in [3.8, 4) is 0 Å². The first-order valence-corrected chi connectivity index (χ1v) is 54.0. The maximum atomic E-state index is 14.9. The monoisotopic (exact) mass is 2160 g/mol. The third kappa shape index (κ3) is 52.7. The van der Waals surface area contributed by atoms with Gasteiger partial charge in [0.1, 0.15) is 78.5 Å².